The number of benzene rings is 1. The van der Waals surface area contributed by atoms with Crippen molar-refractivity contribution in [3.63, 3.8) is 0 Å². The van der Waals surface area contributed by atoms with E-state index in [9.17, 15) is 18.4 Å². The van der Waals surface area contributed by atoms with Crippen LogP contribution in [0.2, 0.25) is 0 Å². The van der Waals surface area contributed by atoms with Crippen molar-refractivity contribution in [1.29, 1.82) is 0 Å². The van der Waals surface area contributed by atoms with Crippen molar-refractivity contribution < 1.29 is 23.1 Å². The van der Waals surface area contributed by atoms with E-state index in [1.54, 1.807) is 18.3 Å². The quantitative estimate of drug-likeness (QED) is 0.799. The highest BCUT2D eigenvalue weighted by Gasteiger charge is 2.12. The van der Waals surface area contributed by atoms with Gasteiger partial charge in [0, 0.05) is 37.3 Å². The lowest BCUT2D eigenvalue weighted by Gasteiger charge is -2.09. The number of hydrogen-bond acceptors (Lipinski definition) is 4. The maximum absolute atomic E-state index is 13.5. The third-order valence-corrected chi connectivity index (χ3v) is 3.33. The average Bonchev–Trinajstić information content (AvgIpc) is 2.60. The highest BCUT2D eigenvalue weighted by molar-refractivity contribution is 5.94. The Morgan fingerprint density at radius 1 is 1.20 bits per heavy atom. The molecule has 6 nitrogen and oxygen atoms in total. The number of nitrogens with zero attached hydrogens (tertiary/aromatic N) is 1. The molecule has 8 heteroatoms. The number of amides is 2. The number of halogens is 2. The van der Waals surface area contributed by atoms with E-state index in [1.807, 2.05) is 0 Å². The molecule has 0 aliphatic rings. The van der Waals surface area contributed by atoms with Crippen LogP contribution < -0.4 is 15.4 Å². The Morgan fingerprint density at radius 2 is 2.00 bits per heavy atom. The summed E-state index contributed by atoms with van der Waals surface area (Å²) in [6.07, 6.45) is 1.59. The smallest absolute Gasteiger partial charge is 0.254 e. The van der Waals surface area contributed by atoms with Crippen LogP contribution in [0.15, 0.2) is 36.5 Å². The topological polar surface area (TPSA) is 80.3 Å². The van der Waals surface area contributed by atoms with Crippen LogP contribution in [0.3, 0.4) is 0 Å². The Bertz CT molecular complexity index is 769. The van der Waals surface area contributed by atoms with Crippen LogP contribution in [-0.2, 0) is 11.3 Å². The van der Waals surface area contributed by atoms with Crippen LogP contribution in [0, 0.1) is 11.6 Å². The summed E-state index contributed by atoms with van der Waals surface area (Å²) in [5.41, 5.74) is 0.442. The monoisotopic (exact) mass is 349 g/mol. The Kier molecular flexibility index (Phi) is 6.39. The summed E-state index contributed by atoms with van der Waals surface area (Å²) < 4.78 is 31.4. The van der Waals surface area contributed by atoms with Crippen molar-refractivity contribution >= 4 is 11.8 Å². The first-order valence-electron chi connectivity index (χ1n) is 7.49. The lowest BCUT2D eigenvalue weighted by atomic mass is 10.2. The van der Waals surface area contributed by atoms with E-state index in [0.29, 0.717) is 11.9 Å². The second-order valence-corrected chi connectivity index (χ2v) is 5.08. The zero-order valence-electron chi connectivity index (χ0n) is 13.5. The number of carbonyl (C=O) groups is 2. The maximum Gasteiger partial charge on any atom is 0.254 e. The van der Waals surface area contributed by atoms with Crippen molar-refractivity contribution in [2.75, 3.05) is 13.7 Å². The molecule has 1 aromatic heterocycles. The van der Waals surface area contributed by atoms with E-state index >= 15 is 0 Å². The van der Waals surface area contributed by atoms with Gasteiger partial charge in [-0.25, -0.2) is 13.8 Å². The van der Waals surface area contributed by atoms with Gasteiger partial charge in [0.25, 0.3) is 5.91 Å². The number of methoxy groups -OCH3 is 1. The summed E-state index contributed by atoms with van der Waals surface area (Å²) in [6, 6.07) is 6.16. The summed E-state index contributed by atoms with van der Waals surface area (Å²) in [4.78, 5) is 27.6. The molecule has 0 saturated heterocycles. The minimum Gasteiger partial charge on any atom is -0.481 e. The van der Waals surface area contributed by atoms with Crippen molar-refractivity contribution in [2.45, 2.75) is 13.0 Å². The second kappa shape index (κ2) is 8.72. The number of nitrogens with one attached hydrogen (secondary N) is 2. The van der Waals surface area contributed by atoms with E-state index in [4.69, 9.17) is 4.74 Å². The number of ether oxygens (including phenoxy) is 1. The highest BCUT2D eigenvalue weighted by atomic mass is 19.1. The SMILES string of the molecule is COc1ncccc1CNC(=O)CCNC(=O)c1ccc(F)cc1F. The van der Waals surface area contributed by atoms with Crippen molar-refractivity contribution in [3.8, 4) is 5.88 Å². The van der Waals surface area contributed by atoms with Crippen molar-refractivity contribution in [1.82, 2.24) is 15.6 Å². The molecule has 0 aliphatic heterocycles. The molecule has 0 radical (unpaired) electrons. The van der Waals surface area contributed by atoms with Crippen LogP contribution in [0.25, 0.3) is 0 Å². The molecule has 1 aromatic carbocycles. The molecular weight excluding hydrogens is 332 g/mol. The molecule has 132 valence electrons. The largest absolute Gasteiger partial charge is 0.481 e. The number of carbonyl (C=O) groups excluding carboxylic acids is 2. The van der Waals surface area contributed by atoms with Gasteiger partial charge in [0.15, 0.2) is 0 Å². The second-order valence-electron chi connectivity index (χ2n) is 5.08. The van der Waals surface area contributed by atoms with Gasteiger partial charge in [0.1, 0.15) is 11.6 Å². The van der Waals surface area contributed by atoms with Gasteiger partial charge in [-0.2, -0.15) is 0 Å². The van der Waals surface area contributed by atoms with E-state index in [0.717, 1.165) is 17.7 Å². The molecule has 2 rings (SSSR count). The minimum atomic E-state index is -0.953. The fourth-order valence-corrected chi connectivity index (χ4v) is 2.08. The first kappa shape index (κ1) is 18.3. The van der Waals surface area contributed by atoms with Crippen molar-refractivity contribution in [3.05, 3.63) is 59.3 Å². The predicted molar refractivity (Wildman–Crippen MR) is 85.9 cm³/mol. The van der Waals surface area contributed by atoms with Gasteiger partial charge in [0.2, 0.25) is 11.8 Å². The first-order valence-corrected chi connectivity index (χ1v) is 7.49. The molecule has 0 unspecified atom stereocenters. The van der Waals surface area contributed by atoms with Crippen LogP contribution in [0.5, 0.6) is 5.88 Å². The Balaban J connectivity index is 1.77. The highest BCUT2D eigenvalue weighted by Crippen LogP contribution is 2.13. The van der Waals surface area contributed by atoms with Gasteiger partial charge in [-0.1, -0.05) is 6.07 Å². The summed E-state index contributed by atoms with van der Waals surface area (Å²) in [5.74, 6) is -2.31. The normalized spacial score (nSPS) is 10.2. The maximum atomic E-state index is 13.5. The zero-order valence-corrected chi connectivity index (χ0v) is 13.5. The van der Waals surface area contributed by atoms with Gasteiger partial charge in [-0.3, -0.25) is 9.59 Å². The number of rotatable bonds is 7. The lowest BCUT2D eigenvalue weighted by Crippen LogP contribution is -2.31. The molecule has 0 fully saturated rings. The molecule has 0 spiro atoms. The Hall–Kier alpha value is -3.03. The molecule has 0 bridgehead atoms. The van der Waals surface area contributed by atoms with Crippen LogP contribution in [-0.4, -0.2) is 30.5 Å². The molecule has 2 aromatic rings. The van der Waals surface area contributed by atoms with Crippen LogP contribution in [0.4, 0.5) is 8.78 Å². The standard InChI is InChI=1S/C17H17F2N3O3/c1-25-17-11(3-2-7-21-17)10-22-15(23)6-8-20-16(24)13-5-4-12(18)9-14(13)19/h2-5,7,9H,6,8,10H2,1H3,(H,20,24)(H,22,23). The fraction of sp³-hybridized carbons (Fsp3) is 0.235. The fourth-order valence-electron chi connectivity index (χ4n) is 2.08. The predicted octanol–water partition coefficient (Wildman–Crippen LogP) is 1.80. The number of hydrogen-bond donors (Lipinski definition) is 2. The van der Waals surface area contributed by atoms with Gasteiger partial charge < -0.3 is 15.4 Å². The van der Waals surface area contributed by atoms with Gasteiger partial charge in [-0.05, 0) is 18.2 Å². The number of aromatic nitrogens is 1. The molecule has 0 atom stereocenters. The molecular formula is C17H17F2N3O3. The molecule has 0 saturated carbocycles. The molecule has 2 amide bonds. The van der Waals surface area contributed by atoms with Gasteiger partial charge >= 0.3 is 0 Å². The van der Waals surface area contributed by atoms with Crippen molar-refractivity contribution in [2.24, 2.45) is 0 Å². The zero-order chi connectivity index (χ0) is 18.2. The van der Waals surface area contributed by atoms with E-state index in [-0.39, 0.29) is 31.0 Å². The summed E-state index contributed by atoms with van der Waals surface area (Å²) >= 11 is 0. The number of pyridine rings is 1. The van der Waals surface area contributed by atoms with Gasteiger partial charge in [0.05, 0.1) is 12.7 Å². The van der Waals surface area contributed by atoms with E-state index in [1.165, 1.54) is 7.11 Å². The third-order valence-electron chi connectivity index (χ3n) is 3.33. The minimum absolute atomic E-state index is 0.0110. The third kappa shape index (κ3) is 5.23. The molecule has 2 N–H and O–H groups in total. The van der Waals surface area contributed by atoms with Crippen LogP contribution >= 0.6 is 0 Å². The summed E-state index contributed by atoms with van der Waals surface area (Å²) in [5, 5.41) is 5.08. The summed E-state index contributed by atoms with van der Waals surface area (Å²) in [7, 11) is 1.48. The molecule has 25 heavy (non-hydrogen) atoms. The Labute approximate surface area is 143 Å². The lowest BCUT2D eigenvalue weighted by molar-refractivity contribution is -0.121. The van der Waals surface area contributed by atoms with Crippen LogP contribution in [0.1, 0.15) is 22.3 Å². The summed E-state index contributed by atoms with van der Waals surface area (Å²) in [6.45, 7) is 0.252. The molecule has 1 heterocycles. The average molecular weight is 349 g/mol. The van der Waals surface area contributed by atoms with Gasteiger partial charge in [-0.15, -0.1) is 0 Å². The van der Waals surface area contributed by atoms with E-state index in [2.05, 4.69) is 15.6 Å². The molecule has 0 aliphatic carbocycles. The first-order chi connectivity index (χ1) is 12.0. The van der Waals surface area contributed by atoms with E-state index < -0.39 is 17.5 Å². The Morgan fingerprint density at radius 3 is 2.72 bits per heavy atom.